The van der Waals surface area contributed by atoms with E-state index < -0.39 is 12.1 Å². The van der Waals surface area contributed by atoms with Crippen molar-refractivity contribution in [3.05, 3.63) is 60.6 Å². The highest BCUT2D eigenvalue weighted by atomic mass is 16.3. The molecule has 8 nitrogen and oxygen atoms in total. The predicted octanol–water partition coefficient (Wildman–Crippen LogP) is 1.86. The van der Waals surface area contributed by atoms with E-state index in [4.69, 9.17) is 0 Å². The van der Waals surface area contributed by atoms with Crippen LogP contribution in [0.25, 0.3) is 5.69 Å². The lowest BCUT2D eigenvalue weighted by molar-refractivity contribution is -0.117. The fraction of sp³-hybridized carbons (Fsp3) is 0.300. The quantitative estimate of drug-likeness (QED) is 0.719. The van der Waals surface area contributed by atoms with Gasteiger partial charge in [0, 0.05) is 36.2 Å². The summed E-state index contributed by atoms with van der Waals surface area (Å²) in [6.07, 6.45) is 4.65. The number of imidazole rings is 1. The number of benzene rings is 1. The lowest BCUT2D eigenvalue weighted by Crippen LogP contribution is -2.40. The minimum atomic E-state index is -0.569. The average Bonchev–Trinajstić information content (AvgIpc) is 3.26. The van der Waals surface area contributed by atoms with Gasteiger partial charge in [-0.1, -0.05) is 0 Å². The Morgan fingerprint density at radius 3 is 2.61 bits per heavy atom. The zero-order chi connectivity index (χ0) is 19.7. The van der Waals surface area contributed by atoms with Crippen LogP contribution in [0.4, 0.5) is 11.5 Å². The minimum absolute atomic E-state index is 0.169. The van der Waals surface area contributed by atoms with Gasteiger partial charge in [-0.2, -0.15) is 0 Å². The van der Waals surface area contributed by atoms with Crippen LogP contribution < -0.4 is 10.2 Å². The Kier molecular flexibility index (Phi) is 4.79. The van der Waals surface area contributed by atoms with E-state index in [2.05, 4.69) is 20.3 Å². The number of hydrogen-bond donors (Lipinski definition) is 2. The van der Waals surface area contributed by atoms with E-state index in [-0.39, 0.29) is 5.91 Å². The summed E-state index contributed by atoms with van der Waals surface area (Å²) in [5.74, 6) is 0.463. The molecule has 1 fully saturated rings. The molecule has 0 bridgehead atoms. The van der Waals surface area contributed by atoms with Crippen LogP contribution in [0.2, 0.25) is 0 Å². The van der Waals surface area contributed by atoms with Gasteiger partial charge in [-0.05, 0) is 44.2 Å². The summed E-state index contributed by atoms with van der Waals surface area (Å²) in [7, 11) is 0. The Bertz CT molecular complexity index is 970. The molecule has 28 heavy (non-hydrogen) atoms. The summed E-state index contributed by atoms with van der Waals surface area (Å²) in [5, 5.41) is 13.0. The van der Waals surface area contributed by atoms with Gasteiger partial charge in [0.05, 0.1) is 18.1 Å². The topological polar surface area (TPSA) is 96.2 Å². The highest BCUT2D eigenvalue weighted by Gasteiger charge is 2.36. The van der Waals surface area contributed by atoms with Crippen LogP contribution in [0, 0.1) is 13.8 Å². The molecule has 144 valence electrons. The third-order valence-electron chi connectivity index (χ3n) is 5.11. The molecular weight excluding hydrogens is 356 g/mol. The van der Waals surface area contributed by atoms with Crippen molar-refractivity contribution in [3.8, 4) is 5.69 Å². The maximum absolute atomic E-state index is 12.8. The first-order valence-electron chi connectivity index (χ1n) is 9.15. The second-order valence-corrected chi connectivity index (χ2v) is 6.95. The van der Waals surface area contributed by atoms with Crippen LogP contribution in [0.1, 0.15) is 17.8 Å². The van der Waals surface area contributed by atoms with Crippen molar-refractivity contribution in [1.82, 2.24) is 19.5 Å². The molecule has 1 aliphatic heterocycles. The van der Waals surface area contributed by atoms with Crippen LogP contribution >= 0.6 is 0 Å². The number of nitrogens with zero attached hydrogens (tertiary/aromatic N) is 5. The number of rotatable bonds is 4. The molecule has 1 saturated heterocycles. The summed E-state index contributed by atoms with van der Waals surface area (Å²) in [4.78, 5) is 27.1. The molecule has 2 unspecified atom stereocenters. The number of β-amino-alcohol motifs (C(OH)–C–C–N with tert-alkyl or cyclic N) is 1. The molecule has 0 radical (unpaired) electrons. The summed E-state index contributed by atoms with van der Waals surface area (Å²) in [6.45, 7) is 4.36. The second kappa shape index (κ2) is 7.40. The summed E-state index contributed by atoms with van der Waals surface area (Å²) < 4.78 is 2.01. The molecule has 0 saturated carbocycles. The van der Waals surface area contributed by atoms with Crippen molar-refractivity contribution in [2.75, 3.05) is 16.8 Å². The molecule has 2 N–H and O–H groups in total. The normalized spacial score (nSPS) is 19.0. The number of aromatic nitrogens is 4. The van der Waals surface area contributed by atoms with E-state index in [1.165, 1.54) is 6.33 Å². The van der Waals surface area contributed by atoms with Gasteiger partial charge in [0.1, 0.15) is 18.2 Å². The summed E-state index contributed by atoms with van der Waals surface area (Å²) in [6, 6.07) is 8.86. The first kappa shape index (κ1) is 18.1. The molecule has 8 heteroatoms. The van der Waals surface area contributed by atoms with E-state index in [1.807, 2.05) is 47.6 Å². The number of aliphatic hydroxyl groups is 1. The molecular formula is C20H22N6O2. The Balaban J connectivity index is 1.49. The monoisotopic (exact) mass is 378 g/mol. The number of carbonyl (C=O) groups excluding carboxylic acids is 1. The van der Waals surface area contributed by atoms with E-state index >= 15 is 0 Å². The SMILES string of the molecule is Cc1ncn(-c2ccc(NC(=O)C3CC(O)CN3c3ccncn3)cc2)c1C. The number of aliphatic hydroxyl groups excluding tert-OH is 1. The largest absolute Gasteiger partial charge is 0.391 e. The lowest BCUT2D eigenvalue weighted by Gasteiger charge is -2.24. The lowest BCUT2D eigenvalue weighted by atomic mass is 10.1. The Hall–Kier alpha value is -3.26. The minimum Gasteiger partial charge on any atom is -0.391 e. The van der Waals surface area contributed by atoms with Crippen LogP contribution in [0.15, 0.2) is 49.2 Å². The van der Waals surface area contributed by atoms with Crippen molar-refractivity contribution in [3.63, 3.8) is 0 Å². The van der Waals surface area contributed by atoms with Gasteiger partial charge >= 0.3 is 0 Å². The molecule has 1 aliphatic rings. The highest BCUT2D eigenvalue weighted by Crippen LogP contribution is 2.25. The Morgan fingerprint density at radius 2 is 1.96 bits per heavy atom. The average molecular weight is 378 g/mol. The van der Waals surface area contributed by atoms with Crippen molar-refractivity contribution in [2.24, 2.45) is 0 Å². The van der Waals surface area contributed by atoms with Gasteiger partial charge in [0.2, 0.25) is 5.91 Å². The van der Waals surface area contributed by atoms with Gasteiger partial charge in [-0.3, -0.25) is 4.79 Å². The molecule has 2 atom stereocenters. The Morgan fingerprint density at radius 1 is 1.18 bits per heavy atom. The van der Waals surface area contributed by atoms with Crippen LogP contribution in [-0.4, -0.2) is 49.2 Å². The van der Waals surface area contributed by atoms with E-state index in [0.29, 0.717) is 24.5 Å². The smallest absolute Gasteiger partial charge is 0.247 e. The summed E-state index contributed by atoms with van der Waals surface area (Å²) in [5.41, 5.74) is 3.75. The molecule has 3 aromatic rings. The van der Waals surface area contributed by atoms with E-state index in [0.717, 1.165) is 17.1 Å². The maximum atomic E-state index is 12.8. The van der Waals surface area contributed by atoms with Crippen molar-refractivity contribution < 1.29 is 9.90 Å². The van der Waals surface area contributed by atoms with Gasteiger partial charge in [0.15, 0.2) is 0 Å². The molecule has 0 aliphatic carbocycles. The Labute approximate surface area is 162 Å². The van der Waals surface area contributed by atoms with Crippen LogP contribution in [0.3, 0.4) is 0 Å². The predicted molar refractivity (Wildman–Crippen MR) is 105 cm³/mol. The number of hydrogen-bond acceptors (Lipinski definition) is 6. The molecule has 2 aromatic heterocycles. The number of anilines is 2. The molecule has 1 aromatic carbocycles. The zero-order valence-corrected chi connectivity index (χ0v) is 15.8. The molecule has 4 rings (SSSR count). The van der Waals surface area contributed by atoms with Crippen molar-refractivity contribution in [1.29, 1.82) is 0 Å². The summed E-state index contributed by atoms with van der Waals surface area (Å²) >= 11 is 0. The number of amides is 1. The molecule has 3 heterocycles. The second-order valence-electron chi connectivity index (χ2n) is 6.95. The molecule has 1 amide bonds. The maximum Gasteiger partial charge on any atom is 0.247 e. The van der Waals surface area contributed by atoms with Crippen LogP contribution in [-0.2, 0) is 4.79 Å². The number of aryl methyl sites for hydroxylation is 1. The van der Waals surface area contributed by atoms with Gasteiger partial charge in [-0.15, -0.1) is 0 Å². The first-order valence-corrected chi connectivity index (χ1v) is 9.15. The van der Waals surface area contributed by atoms with Gasteiger partial charge in [0.25, 0.3) is 0 Å². The molecule has 0 spiro atoms. The first-order chi connectivity index (χ1) is 13.5. The fourth-order valence-corrected chi connectivity index (χ4v) is 3.46. The highest BCUT2D eigenvalue weighted by molar-refractivity contribution is 5.97. The standard InChI is InChI=1S/C20H22N6O2/c1-13-14(2)26(12-23-13)16-5-3-15(4-6-16)24-20(28)18-9-17(27)10-25(18)19-7-8-21-11-22-19/h3-8,11-12,17-18,27H,9-10H2,1-2H3,(H,24,28). The van der Waals surface area contributed by atoms with Gasteiger partial charge < -0.3 is 19.9 Å². The van der Waals surface area contributed by atoms with Crippen molar-refractivity contribution >= 4 is 17.4 Å². The van der Waals surface area contributed by atoms with E-state index in [9.17, 15) is 9.90 Å². The van der Waals surface area contributed by atoms with Crippen LogP contribution in [0.5, 0.6) is 0 Å². The fourth-order valence-electron chi connectivity index (χ4n) is 3.46. The third kappa shape index (κ3) is 3.46. The number of nitrogens with one attached hydrogen (secondary N) is 1. The van der Waals surface area contributed by atoms with Crippen molar-refractivity contribution in [2.45, 2.75) is 32.4 Å². The third-order valence-corrected chi connectivity index (χ3v) is 5.11. The number of carbonyl (C=O) groups is 1. The van der Waals surface area contributed by atoms with E-state index in [1.54, 1.807) is 18.6 Å². The zero-order valence-electron chi connectivity index (χ0n) is 15.8. The van der Waals surface area contributed by atoms with Gasteiger partial charge in [-0.25, -0.2) is 15.0 Å².